The summed E-state index contributed by atoms with van der Waals surface area (Å²) < 4.78 is 12.2. The van der Waals surface area contributed by atoms with Crippen LogP contribution in [-0.2, 0) is 28.0 Å². The van der Waals surface area contributed by atoms with Crippen LogP contribution in [0, 0.1) is 20.8 Å². The van der Waals surface area contributed by atoms with Gasteiger partial charge in [0.15, 0.2) is 0 Å². The summed E-state index contributed by atoms with van der Waals surface area (Å²) in [5, 5.41) is 0. The number of nitrogens with zero attached hydrogens (tertiary/aromatic N) is 1. The van der Waals surface area contributed by atoms with E-state index < -0.39 is 0 Å². The minimum absolute atomic E-state index is 0.105. The first kappa shape index (κ1) is 23.3. The van der Waals surface area contributed by atoms with E-state index in [1.807, 2.05) is 23.1 Å². The first-order chi connectivity index (χ1) is 17.5. The van der Waals surface area contributed by atoms with Crippen molar-refractivity contribution in [3.05, 3.63) is 93.5 Å². The van der Waals surface area contributed by atoms with Crippen LogP contribution in [0.1, 0.15) is 71.0 Å². The van der Waals surface area contributed by atoms with Crippen molar-refractivity contribution in [1.29, 1.82) is 0 Å². The number of rotatable bonds is 6. The highest BCUT2D eigenvalue weighted by Gasteiger charge is 2.60. The van der Waals surface area contributed by atoms with Crippen molar-refractivity contribution in [3.63, 3.8) is 0 Å². The summed E-state index contributed by atoms with van der Waals surface area (Å²) in [7, 11) is 0. The fourth-order valence-electron chi connectivity index (χ4n) is 6.02. The topological polar surface area (TPSA) is 38.8 Å². The molecule has 1 amide bonds. The van der Waals surface area contributed by atoms with Gasteiger partial charge >= 0.3 is 0 Å². The molecule has 3 aromatic carbocycles. The van der Waals surface area contributed by atoms with E-state index in [2.05, 4.69) is 57.2 Å². The number of carbonyl (C=O) groups excluding carboxylic acids is 1. The summed E-state index contributed by atoms with van der Waals surface area (Å²) in [6, 6.07) is 19.2. The van der Waals surface area contributed by atoms with Gasteiger partial charge in [-0.25, -0.2) is 0 Å². The van der Waals surface area contributed by atoms with Gasteiger partial charge in [0.05, 0.1) is 11.1 Å². The number of amides is 1. The molecule has 0 aromatic heterocycles. The van der Waals surface area contributed by atoms with Gasteiger partial charge in [-0.1, -0.05) is 42.5 Å². The van der Waals surface area contributed by atoms with Crippen molar-refractivity contribution >= 4 is 11.6 Å². The van der Waals surface area contributed by atoms with Crippen molar-refractivity contribution in [1.82, 2.24) is 0 Å². The van der Waals surface area contributed by atoms with Crippen LogP contribution in [0.5, 0.6) is 5.75 Å². The van der Waals surface area contributed by atoms with Crippen LogP contribution in [0.25, 0.3) is 0 Å². The molecule has 3 aromatic rings. The molecule has 1 saturated carbocycles. The van der Waals surface area contributed by atoms with Gasteiger partial charge in [-0.2, -0.15) is 0 Å². The van der Waals surface area contributed by atoms with Crippen LogP contribution in [0.2, 0.25) is 0 Å². The molecule has 2 fully saturated rings. The predicted octanol–water partition coefficient (Wildman–Crippen LogP) is 6.69. The van der Waals surface area contributed by atoms with Crippen molar-refractivity contribution < 1.29 is 14.3 Å². The Morgan fingerprint density at radius 2 is 1.78 bits per heavy atom. The number of fused-ring (bicyclic) bond motifs is 2. The first-order valence-electron chi connectivity index (χ1n) is 13.3. The Balaban J connectivity index is 1.26. The fourth-order valence-corrected chi connectivity index (χ4v) is 6.02. The Labute approximate surface area is 214 Å². The molecule has 6 rings (SSSR count). The van der Waals surface area contributed by atoms with E-state index in [1.54, 1.807) is 0 Å². The zero-order valence-corrected chi connectivity index (χ0v) is 21.6. The third kappa shape index (κ3) is 3.92. The highest BCUT2D eigenvalue weighted by atomic mass is 16.5. The lowest BCUT2D eigenvalue weighted by molar-refractivity contribution is -0.123. The van der Waals surface area contributed by atoms with Gasteiger partial charge in [0, 0.05) is 6.61 Å². The van der Waals surface area contributed by atoms with Crippen molar-refractivity contribution in [2.75, 3.05) is 11.5 Å². The molecule has 36 heavy (non-hydrogen) atoms. The lowest BCUT2D eigenvalue weighted by Crippen LogP contribution is -2.43. The average Bonchev–Trinajstić information content (AvgIpc) is 3.68. The Bertz CT molecular complexity index is 1300. The van der Waals surface area contributed by atoms with Gasteiger partial charge in [-0.3, -0.25) is 9.69 Å². The monoisotopic (exact) mass is 481 g/mol. The number of hydrogen-bond acceptors (Lipinski definition) is 3. The molecule has 1 unspecified atom stereocenters. The molecule has 186 valence electrons. The number of anilines is 1. The summed E-state index contributed by atoms with van der Waals surface area (Å²) in [5.41, 5.74) is 9.50. The zero-order chi connectivity index (χ0) is 24.9. The standard InChI is InChI=1S/C32H35NO3/c1-21-17-29(36-20-24-9-5-4-6-10-24)23(3)22(2)26(21)18-25-12-13-28-27(19-25)32(14-15-32)31(34)33(28)30-11-7-8-16-35-30/h4-6,9-10,12-13,17,19,30H,7-8,11,14-16,18,20H2,1-3H3. The van der Waals surface area contributed by atoms with Crippen LogP contribution < -0.4 is 9.64 Å². The maximum Gasteiger partial charge on any atom is 0.239 e. The number of ether oxygens (including phenoxy) is 2. The molecule has 1 atom stereocenters. The summed E-state index contributed by atoms with van der Waals surface area (Å²) >= 11 is 0. The van der Waals surface area contributed by atoms with E-state index in [0.29, 0.717) is 6.61 Å². The largest absolute Gasteiger partial charge is 0.489 e. The van der Waals surface area contributed by atoms with Gasteiger partial charge < -0.3 is 9.47 Å². The van der Waals surface area contributed by atoms with Crippen LogP contribution in [0.3, 0.4) is 0 Å². The Hall–Kier alpha value is -3.11. The molecule has 1 spiro atoms. The van der Waals surface area contributed by atoms with Crippen LogP contribution in [-0.4, -0.2) is 18.7 Å². The van der Waals surface area contributed by atoms with E-state index >= 15 is 0 Å². The lowest BCUT2D eigenvalue weighted by atomic mass is 9.90. The summed E-state index contributed by atoms with van der Waals surface area (Å²) in [5.74, 6) is 1.21. The normalized spacial score (nSPS) is 20.0. The van der Waals surface area contributed by atoms with Crippen LogP contribution in [0.15, 0.2) is 54.6 Å². The minimum Gasteiger partial charge on any atom is -0.489 e. The third-order valence-electron chi connectivity index (χ3n) is 8.48. The van der Waals surface area contributed by atoms with Crippen molar-refractivity contribution in [3.8, 4) is 5.75 Å². The second-order valence-corrected chi connectivity index (χ2v) is 10.8. The van der Waals surface area contributed by atoms with E-state index in [1.165, 1.54) is 38.9 Å². The number of aryl methyl sites for hydroxylation is 1. The van der Waals surface area contributed by atoms with E-state index in [-0.39, 0.29) is 17.6 Å². The van der Waals surface area contributed by atoms with E-state index in [9.17, 15) is 4.79 Å². The minimum atomic E-state index is -0.304. The second-order valence-electron chi connectivity index (χ2n) is 10.8. The molecule has 1 saturated heterocycles. The SMILES string of the molecule is Cc1cc(OCc2ccccc2)c(C)c(C)c1Cc1ccc2c(c1)C1(CC1)C(=O)N2C1CCCCO1. The maximum absolute atomic E-state index is 13.5. The first-order valence-corrected chi connectivity index (χ1v) is 13.3. The highest BCUT2D eigenvalue weighted by molar-refractivity contribution is 6.10. The number of carbonyl (C=O) groups is 1. The third-order valence-corrected chi connectivity index (χ3v) is 8.48. The summed E-state index contributed by atoms with van der Waals surface area (Å²) in [4.78, 5) is 15.5. The number of benzene rings is 3. The number of hydrogen-bond donors (Lipinski definition) is 0. The maximum atomic E-state index is 13.5. The van der Waals surface area contributed by atoms with E-state index in [0.717, 1.165) is 56.6 Å². The molecule has 4 nitrogen and oxygen atoms in total. The Morgan fingerprint density at radius 1 is 0.972 bits per heavy atom. The molecular formula is C32H35NO3. The quantitative estimate of drug-likeness (QED) is 0.394. The molecule has 3 aliphatic rings. The van der Waals surface area contributed by atoms with Crippen molar-refractivity contribution in [2.24, 2.45) is 0 Å². The molecule has 1 aliphatic carbocycles. The molecule has 0 bridgehead atoms. The van der Waals surface area contributed by atoms with Gasteiger partial charge in [0.25, 0.3) is 0 Å². The van der Waals surface area contributed by atoms with Gasteiger partial charge in [-0.15, -0.1) is 0 Å². The molecular weight excluding hydrogens is 446 g/mol. The Kier molecular flexibility index (Phi) is 5.88. The lowest BCUT2D eigenvalue weighted by Gasteiger charge is -2.32. The fraction of sp³-hybridized carbons (Fsp3) is 0.406. The van der Waals surface area contributed by atoms with Crippen molar-refractivity contribution in [2.45, 2.75) is 77.5 Å². The zero-order valence-electron chi connectivity index (χ0n) is 21.6. The van der Waals surface area contributed by atoms with E-state index in [4.69, 9.17) is 9.47 Å². The molecule has 0 radical (unpaired) electrons. The van der Waals surface area contributed by atoms with Gasteiger partial charge in [-0.05, 0) is 110 Å². The summed E-state index contributed by atoms with van der Waals surface area (Å²) in [6.07, 6.45) is 5.80. The van der Waals surface area contributed by atoms with Crippen LogP contribution >= 0.6 is 0 Å². The summed E-state index contributed by atoms with van der Waals surface area (Å²) in [6.45, 7) is 7.86. The van der Waals surface area contributed by atoms with Gasteiger partial charge in [0.2, 0.25) is 5.91 Å². The smallest absolute Gasteiger partial charge is 0.239 e. The molecule has 2 heterocycles. The average molecular weight is 482 g/mol. The van der Waals surface area contributed by atoms with Crippen LogP contribution in [0.4, 0.5) is 5.69 Å². The second kappa shape index (κ2) is 9.08. The molecule has 2 aliphatic heterocycles. The molecule has 4 heteroatoms. The Morgan fingerprint density at radius 3 is 2.50 bits per heavy atom. The van der Waals surface area contributed by atoms with Gasteiger partial charge in [0.1, 0.15) is 18.6 Å². The highest BCUT2D eigenvalue weighted by Crippen LogP contribution is 2.58. The predicted molar refractivity (Wildman–Crippen MR) is 143 cm³/mol. The molecule has 0 N–H and O–H groups in total.